The monoisotopic (exact) mass is 852 g/mol. The number of rotatable bonds is 12. The zero-order chi connectivity index (χ0) is 28.2. The second-order valence-electron chi connectivity index (χ2n) is 9.91. The summed E-state index contributed by atoms with van der Waals surface area (Å²) in [6, 6.07) is 19.8. The third-order valence-electron chi connectivity index (χ3n) is 7.29. The van der Waals surface area contributed by atoms with Gasteiger partial charge in [0.25, 0.3) is 0 Å². The smallest absolute Gasteiger partial charge is 0.423 e. The summed E-state index contributed by atoms with van der Waals surface area (Å²) in [4.78, 5) is 25.3. The molecule has 6 atom stereocenters. The fourth-order valence-electron chi connectivity index (χ4n) is 5.12. The van der Waals surface area contributed by atoms with E-state index in [0.717, 1.165) is 10.0 Å². The number of aliphatic hydroxyl groups is 2. The Morgan fingerprint density at radius 1 is 1.23 bits per heavy atom. The molecule has 3 aromatic rings. The van der Waals surface area contributed by atoms with Gasteiger partial charge in [-0.1, -0.05) is 51.3 Å². The summed E-state index contributed by atoms with van der Waals surface area (Å²) in [7, 11) is 0. The Morgan fingerprint density at radius 2 is 1.93 bits per heavy atom. The molecular weight excluding hydrogens is 825 g/mol. The molecule has 208 valence electrons. The molecule has 10 heteroatoms. The molecule has 0 aliphatic heterocycles. The van der Waals surface area contributed by atoms with E-state index in [2.05, 4.69) is 39.6 Å². The molecule has 0 bridgehead atoms. The van der Waals surface area contributed by atoms with Crippen LogP contribution in [0.25, 0.3) is 0 Å². The number of carbonyl (C=O) groups is 2. The molecule has 1 saturated carbocycles. The van der Waals surface area contributed by atoms with Crippen LogP contribution in [0.4, 0.5) is 4.39 Å². The number of amides is 2. The maximum Gasteiger partial charge on any atom is 2.00 e. The molecule has 0 saturated heterocycles. The minimum atomic E-state index is -1.22. The fraction of sp³-hybridized carbons (Fsp3) is 0.300. The summed E-state index contributed by atoms with van der Waals surface area (Å²) in [5.41, 5.74) is 0.505. The van der Waals surface area contributed by atoms with Crippen LogP contribution in [-0.2, 0) is 16.0 Å². The maximum absolute atomic E-state index is 14.8. The number of nitrogens with one attached hydrogen (secondary N) is 2. The van der Waals surface area contributed by atoms with Crippen molar-refractivity contribution in [2.75, 3.05) is 0 Å². The normalized spacial score (nSPS) is 20.8. The van der Waals surface area contributed by atoms with Crippen molar-refractivity contribution >= 4 is 39.8 Å². The first-order chi connectivity index (χ1) is 18.6. The van der Waals surface area contributed by atoms with Crippen molar-refractivity contribution in [2.45, 2.75) is 49.5 Å². The van der Waals surface area contributed by atoms with E-state index in [-0.39, 0.29) is 44.0 Å². The minimum absolute atomic E-state index is 0. The number of benzene rings is 3. The summed E-state index contributed by atoms with van der Waals surface area (Å²) in [5, 5.41) is 27.6. The zero-order valence-corrected chi connectivity index (χ0v) is 28.0. The summed E-state index contributed by atoms with van der Waals surface area (Å²) in [5.74, 6) is -1.42. The summed E-state index contributed by atoms with van der Waals surface area (Å²) in [6.45, 7) is 3.67. The number of carbonyl (C=O) groups excluding carboxylic acids is 2. The zero-order valence-electron chi connectivity index (χ0n) is 21.5. The molecule has 6 nitrogen and oxygen atoms in total. The third kappa shape index (κ3) is 7.76. The molecule has 4 N–H and O–H groups in total. The van der Waals surface area contributed by atoms with Crippen molar-refractivity contribution in [3.63, 3.8) is 0 Å². The molecule has 0 radical (unpaired) electrons. The Morgan fingerprint density at radius 3 is 2.55 bits per heavy atom. The largest absolute Gasteiger partial charge is 2.00 e. The van der Waals surface area contributed by atoms with Gasteiger partial charge in [0.1, 0.15) is 5.82 Å². The molecule has 1 aliphatic rings. The SMILES string of the molecule is [CH2-][C@@H](O)[C@@H](NC(=O)[C@@]1(C[C@H](O)[C@H](Cc2ccc(Br)cc2)NC=O)C[C@H]1c1ccccc1F)c1[c-]ccc(Cl)c1.[U+2]. The number of halogens is 3. The van der Waals surface area contributed by atoms with Gasteiger partial charge >= 0.3 is 31.1 Å². The van der Waals surface area contributed by atoms with Crippen LogP contribution in [0.3, 0.4) is 0 Å². The predicted molar refractivity (Wildman–Crippen MR) is 150 cm³/mol. The topological polar surface area (TPSA) is 98.7 Å². The Labute approximate surface area is 270 Å². The van der Waals surface area contributed by atoms with Crippen molar-refractivity contribution in [3.05, 3.63) is 112 Å². The number of aliphatic hydroxyl groups excluding tert-OH is 2. The molecule has 0 heterocycles. The predicted octanol–water partition coefficient (Wildman–Crippen LogP) is 4.68. The third-order valence-corrected chi connectivity index (χ3v) is 8.05. The first kappa shape index (κ1) is 32.8. The van der Waals surface area contributed by atoms with Crippen molar-refractivity contribution in [1.82, 2.24) is 10.6 Å². The van der Waals surface area contributed by atoms with E-state index in [0.29, 0.717) is 29.0 Å². The van der Waals surface area contributed by atoms with Crippen LogP contribution in [0.1, 0.15) is 41.5 Å². The van der Waals surface area contributed by atoms with Gasteiger partial charge in [0, 0.05) is 16.4 Å². The molecule has 0 spiro atoms. The van der Waals surface area contributed by atoms with Crippen LogP contribution >= 0.6 is 27.5 Å². The summed E-state index contributed by atoms with van der Waals surface area (Å²) < 4.78 is 15.7. The maximum atomic E-state index is 14.8. The second kappa shape index (κ2) is 14.4. The van der Waals surface area contributed by atoms with Crippen molar-refractivity contribution in [1.29, 1.82) is 0 Å². The van der Waals surface area contributed by atoms with Gasteiger partial charge in [0.05, 0.1) is 17.6 Å². The Balaban J connectivity index is 0.00000441. The van der Waals surface area contributed by atoms with Crippen molar-refractivity contribution in [2.24, 2.45) is 5.41 Å². The van der Waals surface area contributed by atoms with Gasteiger partial charge in [-0.3, -0.25) is 9.59 Å². The second-order valence-corrected chi connectivity index (χ2v) is 11.3. The van der Waals surface area contributed by atoms with Crippen LogP contribution in [0, 0.1) is 55.3 Å². The van der Waals surface area contributed by atoms with E-state index in [1.807, 2.05) is 24.3 Å². The fourth-order valence-corrected chi connectivity index (χ4v) is 5.57. The van der Waals surface area contributed by atoms with Gasteiger partial charge in [0.2, 0.25) is 12.3 Å². The van der Waals surface area contributed by atoms with Crippen LogP contribution in [0.15, 0.2) is 71.2 Å². The van der Waals surface area contributed by atoms with Crippen LogP contribution in [0.2, 0.25) is 5.02 Å². The standard InChI is InChI=1S/C30H29BrClFN2O4.U/c1-18(37)28(20-5-4-6-22(32)14-20)35-29(39)30(15-24(30)23-7-2-3-8-25(23)33)16-27(38)26(34-17-36)13-19-9-11-21(31)12-10-19;/h2-4,6-12,14,17-18,24,26-28,37-38H,1,13,15-16H2,(H,34,36)(H,35,39);/q-2;+2/t18-,24+,26+,27+,28-,30-;/m1./s1. The first-order valence-corrected chi connectivity index (χ1v) is 13.7. The average molecular weight is 854 g/mol. The Hall–Kier alpha value is -1.73. The van der Waals surface area contributed by atoms with Crippen molar-refractivity contribution < 1.29 is 55.3 Å². The molecule has 2 amide bonds. The van der Waals surface area contributed by atoms with Gasteiger partial charge in [-0.05, 0) is 54.7 Å². The molecule has 4 rings (SSSR count). The van der Waals surface area contributed by atoms with E-state index < -0.39 is 47.3 Å². The molecule has 1 aliphatic carbocycles. The van der Waals surface area contributed by atoms with Gasteiger partial charge in [-0.25, -0.2) is 4.39 Å². The number of hydrogen-bond donors (Lipinski definition) is 4. The van der Waals surface area contributed by atoms with E-state index in [1.54, 1.807) is 36.4 Å². The van der Waals surface area contributed by atoms with Crippen LogP contribution in [-0.4, -0.2) is 40.8 Å². The molecule has 0 aromatic heterocycles. The Bertz CT molecular complexity index is 1310. The Kier molecular flexibility index (Phi) is 11.8. The molecule has 1 fully saturated rings. The van der Waals surface area contributed by atoms with E-state index >= 15 is 0 Å². The average Bonchev–Trinajstić information content (AvgIpc) is 3.62. The first-order valence-electron chi connectivity index (χ1n) is 12.5. The van der Waals surface area contributed by atoms with E-state index in [1.165, 1.54) is 6.07 Å². The van der Waals surface area contributed by atoms with E-state index in [9.17, 15) is 24.2 Å². The van der Waals surface area contributed by atoms with E-state index in [4.69, 9.17) is 11.6 Å². The molecular formula is C30H29BrClFN2O4U. The van der Waals surface area contributed by atoms with Crippen molar-refractivity contribution in [3.8, 4) is 0 Å². The van der Waals surface area contributed by atoms with Gasteiger partial charge in [-0.2, -0.15) is 18.2 Å². The number of hydrogen-bond acceptors (Lipinski definition) is 4. The van der Waals surface area contributed by atoms with Crippen LogP contribution < -0.4 is 10.6 Å². The molecule has 40 heavy (non-hydrogen) atoms. The molecule has 3 aromatic carbocycles. The van der Waals surface area contributed by atoms with Gasteiger partial charge in [0.15, 0.2) is 0 Å². The minimum Gasteiger partial charge on any atom is -0.423 e. The quantitative estimate of drug-likeness (QED) is 0.157. The van der Waals surface area contributed by atoms with Gasteiger partial charge < -0.3 is 27.8 Å². The molecule has 0 unspecified atom stereocenters. The summed E-state index contributed by atoms with van der Waals surface area (Å²) >= 11 is 9.51. The summed E-state index contributed by atoms with van der Waals surface area (Å²) in [6.07, 6.45) is -1.26. The van der Waals surface area contributed by atoms with Gasteiger partial charge in [-0.15, -0.1) is 23.2 Å². The van der Waals surface area contributed by atoms with Crippen LogP contribution in [0.5, 0.6) is 0 Å².